The Morgan fingerprint density at radius 2 is 1.83 bits per heavy atom. The number of hydrogen-bond acceptors (Lipinski definition) is 6. The van der Waals surface area contributed by atoms with Gasteiger partial charge < -0.3 is 19.1 Å². The standard InChI is InChI=1S/C21H23ClNO5P/c1-4-26-29(25,27-5-2)20-17-11-6-7-12-18(17)28-21(24)19(20)14(3)23-16-10-8-9-15(22)13-16/h6-13,20,23H,4-5H2,1-3H3. The van der Waals surface area contributed by atoms with Gasteiger partial charge in [-0.25, -0.2) is 4.79 Å². The minimum atomic E-state index is -3.71. The zero-order valence-electron chi connectivity index (χ0n) is 16.5. The summed E-state index contributed by atoms with van der Waals surface area (Å²) in [6, 6.07) is 14.1. The number of allylic oxidation sites excluding steroid dienone is 1. The molecule has 1 heterocycles. The van der Waals surface area contributed by atoms with Gasteiger partial charge >= 0.3 is 13.6 Å². The van der Waals surface area contributed by atoms with Crippen LogP contribution < -0.4 is 10.1 Å². The van der Waals surface area contributed by atoms with Crippen LogP contribution in [0.3, 0.4) is 0 Å². The van der Waals surface area contributed by atoms with Gasteiger partial charge in [-0.2, -0.15) is 0 Å². The van der Waals surface area contributed by atoms with Crippen molar-refractivity contribution in [1.82, 2.24) is 0 Å². The first-order chi connectivity index (χ1) is 13.9. The molecular weight excluding hydrogens is 413 g/mol. The Labute approximate surface area is 175 Å². The summed E-state index contributed by atoms with van der Waals surface area (Å²) in [5.74, 6) is -0.248. The van der Waals surface area contributed by atoms with Gasteiger partial charge in [-0.15, -0.1) is 0 Å². The van der Waals surface area contributed by atoms with E-state index in [9.17, 15) is 9.36 Å². The first kappa shape index (κ1) is 21.6. The number of carbonyl (C=O) groups is 1. The average Bonchev–Trinajstić information content (AvgIpc) is 2.67. The van der Waals surface area contributed by atoms with Crippen LogP contribution in [-0.4, -0.2) is 19.2 Å². The Hall–Kier alpha value is -2.11. The van der Waals surface area contributed by atoms with E-state index >= 15 is 0 Å². The summed E-state index contributed by atoms with van der Waals surface area (Å²) in [7, 11) is -3.71. The molecule has 0 amide bonds. The molecule has 0 spiro atoms. The lowest BCUT2D eigenvalue weighted by molar-refractivity contribution is -0.131. The number of nitrogens with one attached hydrogen (secondary N) is 1. The topological polar surface area (TPSA) is 73.9 Å². The molecule has 3 rings (SSSR count). The summed E-state index contributed by atoms with van der Waals surface area (Å²) < 4.78 is 30.5. The highest BCUT2D eigenvalue weighted by Gasteiger charge is 2.47. The minimum absolute atomic E-state index is 0.180. The highest BCUT2D eigenvalue weighted by molar-refractivity contribution is 7.54. The van der Waals surface area contributed by atoms with Crippen LogP contribution in [-0.2, 0) is 18.4 Å². The first-order valence-corrected chi connectivity index (χ1v) is 11.3. The van der Waals surface area contributed by atoms with Gasteiger partial charge in [0.2, 0.25) is 0 Å². The van der Waals surface area contributed by atoms with Gasteiger partial charge in [0.05, 0.1) is 18.8 Å². The third-order valence-electron chi connectivity index (χ3n) is 4.40. The van der Waals surface area contributed by atoms with Crippen LogP contribution in [0.4, 0.5) is 5.69 Å². The van der Waals surface area contributed by atoms with Gasteiger partial charge in [-0.3, -0.25) is 4.57 Å². The lowest BCUT2D eigenvalue weighted by atomic mass is 9.99. The van der Waals surface area contributed by atoms with Gasteiger partial charge in [0.25, 0.3) is 0 Å². The molecule has 0 fully saturated rings. The Balaban J connectivity index is 2.16. The maximum atomic E-state index is 13.8. The lowest BCUT2D eigenvalue weighted by Crippen LogP contribution is -2.27. The van der Waals surface area contributed by atoms with Gasteiger partial charge in [0.15, 0.2) is 0 Å². The van der Waals surface area contributed by atoms with Crippen molar-refractivity contribution in [3.8, 4) is 5.75 Å². The number of benzene rings is 2. The second kappa shape index (κ2) is 9.14. The molecule has 1 aliphatic rings. The number of fused-ring (bicyclic) bond motifs is 1. The van der Waals surface area contributed by atoms with Crippen molar-refractivity contribution in [1.29, 1.82) is 0 Å². The third kappa shape index (κ3) is 4.57. The normalized spacial score (nSPS) is 18.1. The molecule has 0 bridgehead atoms. The molecule has 6 nitrogen and oxygen atoms in total. The van der Waals surface area contributed by atoms with Crippen molar-refractivity contribution in [2.24, 2.45) is 0 Å². The fraction of sp³-hybridized carbons (Fsp3) is 0.286. The predicted octanol–water partition coefficient (Wildman–Crippen LogP) is 5.95. The van der Waals surface area contributed by atoms with Crippen LogP contribution in [0.2, 0.25) is 5.02 Å². The fourth-order valence-electron chi connectivity index (χ4n) is 3.30. The average molecular weight is 436 g/mol. The number of rotatable bonds is 7. The molecular formula is C21H23ClNO5P. The van der Waals surface area contributed by atoms with Gasteiger partial charge in [-0.05, 0) is 45.0 Å². The number of carbonyl (C=O) groups excluding carboxylic acids is 1. The molecule has 0 saturated heterocycles. The Morgan fingerprint density at radius 1 is 1.14 bits per heavy atom. The Bertz CT molecular complexity index is 981. The summed E-state index contributed by atoms with van der Waals surface area (Å²) in [6.45, 7) is 5.55. The Kier molecular flexibility index (Phi) is 6.81. The highest BCUT2D eigenvalue weighted by atomic mass is 35.5. The van der Waals surface area contributed by atoms with Crippen molar-refractivity contribution in [2.75, 3.05) is 18.5 Å². The summed E-state index contributed by atoms with van der Waals surface area (Å²) in [4.78, 5) is 12.9. The van der Waals surface area contributed by atoms with Crippen molar-refractivity contribution in [3.05, 3.63) is 70.4 Å². The van der Waals surface area contributed by atoms with E-state index in [1.54, 1.807) is 63.2 Å². The van der Waals surface area contributed by atoms with Crippen LogP contribution in [0.1, 0.15) is 32.0 Å². The van der Waals surface area contributed by atoms with E-state index in [0.29, 0.717) is 27.7 Å². The summed E-state index contributed by atoms with van der Waals surface area (Å²) in [5, 5.41) is 3.71. The molecule has 1 aliphatic heterocycles. The predicted molar refractivity (Wildman–Crippen MR) is 113 cm³/mol. The van der Waals surface area contributed by atoms with Crippen LogP contribution in [0.25, 0.3) is 0 Å². The van der Waals surface area contributed by atoms with E-state index in [1.165, 1.54) is 0 Å². The number of halogens is 1. The second-order valence-electron chi connectivity index (χ2n) is 6.38. The first-order valence-electron chi connectivity index (χ1n) is 9.32. The second-order valence-corrected chi connectivity index (χ2v) is 8.93. The number of ether oxygens (including phenoxy) is 1. The summed E-state index contributed by atoms with van der Waals surface area (Å²) >= 11 is 6.06. The van der Waals surface area contributed by atoms with E-state index in [0.717, 1.165) is 0 Å². The number of para-hydroxylation sites is 1. The molecule has 29 heavy (non-hydrogen) atoms. The van der Waals surface area contributed by atoms with Crippen molar-refractivity contribution in [2.45, 2.75) is 26.4 Å². The number of anilines is 1. The third-order valence-corrected chi connectivity index (χ3v) is 7.04. The number of esters is 1. The maximum Gasteiger partial charge on any atom is 0.342 e. The van der Waals surface area contributed by atoms with Crippen molar-refractivity contribution < 1.29 is 23.1 Å². The lowest BCUT2D eigenvalue weighted by Gasteiger charge is -2.33. The van der Waals surface area contributed by atoms with E-state index in [4.69, 9.17) is 25.4 Å². The molecule has 0 aromatic heterocycles. The van der Waals surface area contributed by atoms with E-state index < -0.39 is 19.2 Å². The van der Waals surface area contributed by atoms with E-state index in [-0.39, 0.29) is 18.8 Å². The molecule has 1 atom stereocenters. The van der Waals surface area contributed by atoms with E-state index in [1.807, 2.05) is 6.07 Å². The van der Waals surface area contributed by atoms with E-state index in [2.05, 4.69) is 5.32 Å². The molecule has 0 saturated carbocycles. The fourth-order valence-corrected chi connectivity index (χ4v) is 5.76. The molecule has 8 heteroatoms. The molecule has 1 N–H and O–H groups in total. The number of hydrogen-bond donors (Lipinski definition) is 1. The van der Waals surface area contributed by atoms with Crippen LogP contribution >= 0.6 is 19.2 Å². The monoisotopic (exact) mass is 435 g/mol. The zero-order valence-corrected chi connectivity index (χ0v) is 18.1. The van der Waals surface area contributed by atoms with Crippen LogP contribution in [0.5, 0.6) is 5.75 Å². The van der Waals surface area contributed by atoms with Crippen molar-refractivity contribution >= 4 is 30.9 Å². The summed E-state index contributed by atoms with van der Waals surface area (Å²) in [5.41, 5.74) is 1.05. The van der Waals surface area contributed by atoms with Gasteiger partial charge in [0, 0.05) is 22.0 Å². The smallest absolute Gasteiger partial charge is 0.342 e. The summed E-state index contributed by atoms with van der Waals surface area (Å²) in [6.07, 6.45) is 0. The zero-order chi connectivity index (χ0) is 21.0. The van der Waals surface area contributed by atoms with Crippen LogP contribution in [0.15, 0.2) is 59.8 Å². The maximum absolute atomic E-state index is 13.8. The SMILES string of the molecule is CCOP(=O)(OCC)C1C(=C(C)Nc2cccc(Cl)c2)C(=O)Oc2ccccc21. The van der Waals surface area contributed by atoms with Gasteiger partial charge in [0.1, 0.15) is 11.4 Å². The van der Waals surface area contributed by atoms with Gasteiger partial charge in [-0.1, -0.05) is 35.9 Å². The molecule has 0 aliphatic carbocycles. The molecule has 0 radical (unpaired) electrons. The molecule has 1 unspecified atom stereocenters. The minimum Gasteiger partial charge on any atom is -0.423 e. The quantitative estimate of drug-likeness (QED) is 0.250. The molecule has 154 valence electrons. The largest absolute Gasteiger partial charge is 0.423 e. The highest BCUT2D eigenvalue weighted by Crippen LogP contribution is 2.66. The van der Waals surface area contributed by atoms with Crippen molar-refractivity contribution in [3.63, 3.8) is 0 Å². The van der Waals surface area contributed by atoms with Crippen LogP contribution in [0, 0.1) is 0 Å². The molecule has 2 aromatic rings. The molecule has 2 aromatic carbocycles. The Morgan fingerprint density at radius 3 is 2.48 bits per heavy atom.